The summed E-state index contributed by atoms with van der Waals surface area (Å²) in [5.41, 5.74) is 2.25. The molecule has 23 heavy (non-hydrogen) atoms. The first-order valence-corrected chi connectivity index (χ1v) is 8.38. The zero-order valence-corrected chi connectivity index (χ0v) is 12.9. The van der Waals surface area contributed by atoms with E-state index in [0.717, 1.165) is 37.3 Å². The molecule has 1 saturated heterocycles. The number of hydrogen-bond acceptors (Lipinski definition) is 5. The topological polar surface area (TPSA) is 60.0 Å². The van der Waals surface area contributed by atoms with Gasteiger partial charge in [-0.1, -0.05) is 17.3 Å². The summed E-state index contributed by atoms with van der Waals surface area (Å²) in [6, 6.07) is 9.38. The molecule has 0 amide bonds. The molecule has 1 atom stereocenters. The molecule has 1 aromatic carbocycles. The third-order valence-corrected chi connectivity index (χ3v) is 4.92. The number of para-hydroxylation sites is 2. The second kappa shape index (κ2) is 5.08. The van der Waals surface area contributed by atoms with Gasteiger partial charge in [0.15, 0.2) is 5.82 Å². The predicted molar refractivity (Wildman–Crippen MR) is 86.5 cm³/mol. The Bertz CT molecular complexity index is 834. The number of piperidine rings is 1. The summed E-state index contributed by atoms with van der Waals surface area (Å²) in [7, 11) is 0. The lowest BCUT2D eigenvalue weighted by Gasteiger charge is -2.32. The minimum Gasteiger partial charge on any atom is -0.326 e. The first-order chi connectivity index (χ1) is 11.4. The maximum atomic E-state index is 5.50. The van der Waals surface area contributed by atoms with Crippen LogP contribution in [0.5, 0.6) is 0 Å². The minimum absolute atomic E-state index is 0.396. The monoisotopic (exact) mass is 309 g/mol. The van der Waals surface area contributed by atoms with Crippen LogP contribution in [-0.4, -0.2) is 32.8 Å². The van der Waals surface area contributed by atoms with Crippen LogP contribution in [0.2, 0.25) is 0 Å². The highest BCUT2D eigenvalue weighted by Crippen LogP contribution is 2.39. The van der Waals surface area contributed by atoms with Crippen molar-refractivity contribution >= 4 is 17.0 Å². The van der Waals surface area contributed by atoms with Crippen molar-refractivity contribution in [3.05, 3.63) is 36.4 Å². The lowest BCUT2D eigenvalue weighted by molar-refractivity contribution is 0.362. The summed E-state index contributed by atoms with van der Waals surface area (Å²) < 4.78 is 7.79. The lowest BCUT2D eigenvalue weighted by atomic mass is 10.1. The summed E-state index contributed by atoms with van der Waals surface area (Å²) in [6.45, 7) is 1.88. The number of benzene rings is 1. The molecule has 2 aliphatic rings. The molecule has 5 rings (SSSR count). The van der Waals surface area contributed by atoms with E-state index in [9.17, 15) is 0 Å². The van der Waals surface area contributed by atoms with Gasteiger partial charge in [0.05, 0.1) is 23.4 Å². The van der Waals surface area contributed by atoms with E-state index in [4.69, 9.17) is 4.52 Å². The fourth-order valence-corrected chi connectivity index (χ4v) is 3.49. The van der Waals surface area contributed by atoms with Gasteiger partial charge < -0.3 is 14.0 Å². The molecule has 1 aliphatic carbocycles. The molecule has 0 spiro atoms. The van der Waals surface area contributed by atoms with Crippen molar-refractivity contribution in [1.29, 1.82) is 0 Å². The number of aromatic nitrogens is 4. The minimum atomic E-state index is 0.396. The van der Waals surface area contributed by atoms with E-state index >= 15 is 0 Å². The van der Waals surface area contributed by atoms with E-state index in [1.54, 1.807) is 0 Å². The third-order valence-electron chi connectivity index (χ3n) is 4.92. The number of hydrogen-bond donors (Lipinski definition) is 0. The third kappa shape index (κ3) is 2.29. The maximum Gasteiger partial charge on any atom is 0.324 e. The Morgan fingerprint density at radius 3 is 2.96 bits per heavy atom. The van der Waals surface area contributed by atoms with Gasteiger partial charge in [0.2, 0.25) is 0 Å². The molecule has 0 radical (unpaired) electrons. The summed E-state index contributed by atoms with van der Waals surface area (Å²) >= 11 is 0. The SMILES string of the molecule is c1ccc2c(c1)ncn2C1CCCN(c2nc(C3CC3)no2)C1. The Morgan fingerprint density at radius 2 is 2.04 bits per heavy atom. The summed E-state index contributed by atoms with van der Waals surface area (Å²) in [6.07, 6.45) is 6.63. The van der Waals surface area contributed by atoms with Crippen molar-refractivity contribution in [2.24, 2.45) is 0 Å². The molecule has 3 aromatic rings. The Morgan fingerprint density at radius 1 is 1.13 bits per heavy atom. The molecular formula is C17H19N5O. The molecule has 2 fully saturated rings. The Kier molecular flexibility index (Phi) is 2.89. The largest absolute Gasteiger partial charge is 0.326 e. The molecule has 3 heterocycles. The van der Waals surface area contributed by atoms with Gasteiger partial charge in [-0.05, 0) is 37.8 Å². The molecule has 1 unspecified atom stereocenters. The average molecular weight is 309 g/mol. The molecule has 0 bridgehead atoms. The van der Waals surface area contributed by atoms with Crippen molar-refractivity contribution in [1.82, 2.24) is 19.7 Å². The molecule has 6 heteroatoms. The van der Waals surface area contributed by atoms with E-state index in [0.29, 0.717) is 18.0 Å². The van der Waals surface area contributed by atoms with Crippen LogP contribution in [0.4, 0.5) is 6.01 Å². The summed E-state index contributed by atoms with van der Waals surface area (Å²) in [5.74, 6) is 1.42. The lowest BCUT2D eigenvalue weighted by Crippen LogP contribution is -2.36. The Hall–Kier alpha value is -2.37. The molecule has 0 N–H and O–H groups in total. The van der Waals surface area contributed by atoms with Crippen molar-refractivity contribution in [3.63, 3.8) is 0 Å². The number of rotatable bonds is 3. The van der Waals surface area contributed by atoms with Crippen LogP contribution in [0.15, 0.2) is 35.1 Å². The number of fused-ring (bicyclic) bond motifs is 1. The first kappa shape index (κ1) is 13.1. The van der Waals surface area contributed by atoms with Crippen molar-refractivity contribution in [3.8, 4) is 0 Å². The average Bonchev–Trinajstić information content (AvgIpc) is 3.18. The molecule has 2 aromatic heterocycles. The van der Waals surface area contributed by atoms with Gasteiger partial charge in [-0.15, -0.1) is 0 Å². The van der Waals surface area contributed by atoms with Gasteiger partial charge in [-0.2, -0.15) is 4.98 Å². The van der Waals surface area contributed by atoms with E-state index < -0.39 is 0 Å². The van der Waals surface area contributed by atoms with Gasteiger partial charge in [0.25, 0.3) is 0 Å². The van der Waals surface area contributed by atoms with Gasteiger partial charge in [0.1, 0.15) is 0 Å². The number of anilines is 1. The van der Waals surface area contributed by atoms with Crippen LogP contribution in [0, 0.1) is 0 Å². The Labute approximate surface area is 134 Å². The maximum absolute atomic E-state index is 5.50. The van der Waals surface area contributed by atoms with Gasteiger partial charge in [-0.3, -0.25) is 0 Å². The zero-order valence-electron chi connectivity index (χ0n) is 12.9. The van der Waals surface area contributed by atoms with Crippen LogP contribution in [0.3, 0.4) is 0 Å². The quantitative estimate of drug-likeness (QED) is 0.744. The highest BCUT2D eigenvalue weighted by atomic mass is 16.5. The van der Waals surface area contributed by atoms with E-state index in [2.05, 4.69) is 42.8 Å². The van der Waals surface area contributed by atoms with Crippen LogP contribution in [-0.2, 0) is 0 Å². The first-order valence-electron chi connectivity index (χ1n) is 8.38. The zero-order chi connectivity index (χ0) is 15.2. The second-order valence-electron chi connectivity index (χ2n) is 6.59. The highest BCUT2D eigenvalue weighted by Gasteiger charge is 2.31. The molecule has 1 saturated carbocycles. The van der Waals surface area contributed by atoms with Crippen molar-refractivity contribution in [2.75, 3.05) is 18.0 Å². The normalized spacial score (nSPS) is 21.9. The fraction of sp³-hybridized carbons (Fsp3) is 0.471. The Balaban J connectivity index is 1.41. The van der Waals surface area contributed by atoms with Crippen LogP contribution < -0.4 is 4.90 Å². The van der Waals surface area contributed by atoms with Gasteiger partial charge in [-0.25, -0.2) is 4.98 Å². The smallest absolute Gasteiger partial charge is 0.324 e. The molecule has 6 nitrogen and oxygen atoms in total. The van der Waals surface area contributed by atoms with Gasteiger partial charge >= 0.3 is 6.01 Å². The van der Waals surface area contributed by atoms with Crippen molar-refractivity contribution in [2.45, 2.75) is 37.6 Å². The van der Waals surface area contributed by atoms with Crippen molar-refractivity contribution < 1.29 is 4.52 Å². The van der Waals surface area contributed by atoms with Crippen LogP contribution >= 0.6 is 0 Å². The standard InChI is InChI=1S/C17H19N5O/c1-2-6-15-14(5-1)18-11-22(15)13-4-3-9-21(10-13)17-19-16(20-23-17)12-7-8-12/h1-2,5-6,11-13H,3-4,7-10H2. The van der Waals surface area contributed by atoms with Gasteiger partial charge in [0, 0.05) is 19.0 Å². The highest BCUT2D eigenvalue weighted by molar-refractivity contribution is 5.75. The van der Waals surface area contributed by atoms with E-state index in [1.165, 1.54) is 18.4 Å². The van der Waals surface area contributed by atoms with Crippen LogP contribution in [0.25, 0.3) is 11.0 Å². The molecular weight excluding hydrogens is 290 g/mol. The predicted octanol–water partition coefficient (Wildman–Crippen LogP) is 3.14. The summed E-state index contributed by atoms with van der Waals surface area (Å²) in [4.78, 5) is 11.3. The second-order valence-corrected chi connectivity index (χ2v) is 6.59. The number of imidazole rings is 1. The van der Waals surface area contributed by atoms with E-state index in [-0.39, 0.29) is 0 Å². The summed E-state index contributed by atoms with van der Waals surface area (Å²) in [5, 5.41) is 4.14. The number of nitrogens with zero attached hydrogens (tertiary/aromatic N) is 5. The molecule has 1 aliphatic heterocycles. The molecule has 118 valence electrons. The van der Waals surface area contributed by atoms with E-state index in [1.807, 2.05) is 12.4 Å². The fourth-order valence-electron chi connectivity index (χ4n) is 3.49. The van der Waals surface area contributed by atoms with Crippen LogP contribution in [0.1, 0.15) is 43.5 Å².